The van der Waals surface area contributed by atoms with Gasteiger partial charge in [0.05, 0.1) is 110 Å². The number of hydrogen-bond acceptors (Lipinski definition) is 44. The number of H-pyrrole nitrogens is 3. The smallest absolute Gasteiger partial charge is 0.330 e. The highest BCUT2D eigenvalue weighted by atomic mass is 32.7. The van der Waals surface area contributed by atoms with Crippen LogP contribution in [-0.2, 0) is 150 Å². The number of methoxy groups -OCH3 is 3. The van der Waals surface area contributed by atoms with Gasteiger partial charge in [-0.1, -0.05) is 42.3 Å². The number of aryl methyl sites for hydroxylation is 1. The summed E-state index contributed by atoms with van der Waals surface area (Å²) < 4.78 is 149. The maximum absolute atomic E-state index is 15.5. The number of fused-ring (bicyclic) bond motifs is 7. The Morgan fingerprint density at radius 3 is 1.66 bits per heavy atom. The normalized spacial score (nSPS) is 33.9. The number of nitrogens with one attached hydrogen (secondary N) is 3. The average Bonchev–Trinajstić information content (AvgIpc) is 1.52. The van der Waals surface area contributed by atoms with E-state index in [1.807, 2.05) is 0 Å². The summed E-state index contributed by atoms with van der Waals surface area (Å²) in [6.45, 7) is -13.1. The summed E-state index contributed by atoms with van der Waals surface area (Å²) in [5.41, 5.74) is 10.7. The van der Waals surface area contributed by atoms with Gasteiger partial charge >= 0.3 is 5.69 Å². The number of nitrogens with two attached hydrogens (primary N) is 3. The molecule has 0 spiro atoms. The number of ether oxygens (including phenoxy) is 13. The average molecular weight is 1770 g/mol. The monoisotopic (exact) mass is 1770 g/mol. The van der Waals surface area contributed by atoms with Crippen LogP contribution in [-0.4, -0.2) is 269 Å². The molecule has 0 aliphatic carbocycles. The van der Waals surface area contributed by atoms with E-state index in [0.29, 0.717) is 0 Å². The van der Waals surface area contributed by atoms with E-state index >= 15 is 14.4 Å². The Morgan fingerprint density at radius 2 is 1.08 bits per heavy atom. The second-order valence-electron chi connectivity index (χ2n) is 27.4. The third-order valence-corrected chi connectivity index (χ3v) is 26.4. The molecule has 7 aliphatic rings. The molecule has 0 amide bonds. The molecule has 7 aromatic rings. The number of aliphatic hydroxyl groups is 1. The Kier molecular flexibility index (Phi) is 25.7. The second kappa shape index (κ2) is 34.3. The molecule has 14 heterocycles. The third kappa shape index (κ3) is 17.2. The van der Waals surface area contributed by atoms with Gasteiger partial charge in [0, 0.05) is 33.1 Å². The molecule has 7 saturated heterocycles. The fourth-order valence-corrected chi connectivity index (χ4v) is 20.5. The molecule has 7 aromatic heterocycles. The first-order valence-corrected chi connectivity index (χ1v) is 45.6. The van der Waals surface area contributed by atoms with E-state index in [-0.39, 0.29) is 103 Å². The minimum Gasteiger partial charge on any atom is -0.780 e. The van der Waals surface area contributed by atoms with Crippen LogP contribution in [0.1, 0.15) is 57.7 Å². The zero-order valence-corrected chi connectivity index (χ0v) is 68.6. The van der Waals surface area contributed by atoms with Crippen LogP contribution in [0.5, 0.6) is 0 Å². The van der Waals surface area contributed by atoms with Crippen LogP contribution >= 0.6 is 27.0 Å². The quantitative estimate of drug-likeness (QED) is 0.00888. The van der Waals surface area contributed by atoms with E-state index in [1.54, 1.807) is 13.8 Å². The topological polar surface area (TPSA) is 604 Å². The van der Waals surface area contributed by atoms with Crippen molar-refractivity contribution >= 4 is 126 Å². The van der Waals surface area contributed by atoms with Gasteiger partial charge in [-0.2, -0.15) is 9.97 Å². The summed E-state index contributed by atoms with van der Waals surface area (Å²) in [6, 6.07) is 0. The summed E-state index contributed by atoms with van der Waals surface area (Å²) >= 11 is 22.6. The first-order valence-electron chi connectivity index (χ1n) is 35.4. The zero-order valence-electron chi connectivity index (χ0n) is 61.8. The molecule has 0 radical (unpaired) electrons. The van der Waals surface area contributed by atoms with E-state index < -0.39 is 210 Å². The van der Waals surface area contributed by atoms with Gasteiger partial charge < -0.3 is 147 Å². The first-order chi connectivity index (χ1) is 54.6. The molecule has 632 valence electrons. The molecule has 14 rings (SSSR count). The molecular formula is C60H80N17O30P4S4-3. The lowest BCUT2D eigenvalue weighted by molar-refractivity contribution is -0.239. The highest BCUT2D eigenvalue weighted by molar-refractivity contribution is 8.32. The summed E-state index contributed by atoms with van der Waals surface area (Å²) in [4.78, 5) is 134. The number of rotatable bonds is 37. The van der Waals surface area contributed by atoms with Crippen molar-refractivity contribution in [3.63, 3.8) is 0 Å². The molecule has 0 aromatic carbocycles. The van der Waals surface area contributed by atoms with E-state index in [9.17, 15) is 29.2 Å². The van der Waals surface area contributed by atoms with Crippen molar-refractivity contribution in [1.29, 1.82) is 0 Å². The number of hydrogen-bond donors (Lipinski definition) is 7. The third-order valence-electron chi connectivity index (χ3n) is 20.3. The van der Waals surface area contributed by atoms with Crippen molar-refractivity contribution in [1.82, 2.24) is 68.1 Å². The SMILES string of the molecule is [CH2+][C@@H]1OC2[C@H](n3cc(C)c(=O)[nH]c3=O)O[C@]1(COP([O-])(=S)O[C@@H]1C(OCCOC)[C@H](n3cnc4c(=O)[nH]c(N)nc43)O[C@@H]1COP(=O)([S-])O[C@@H]1C3O[C@@H](C)[C@]1(COP([O-])(=S)O[C@@H]1C(OCCOC)[C@H](n4cnc5c(=O)[nH]c(N)nc54)O[C@@H]1CC)O[C@H]3n1cnc3c(N)ncnc31)[C@@H]2OP([O-])(=S)OC[C@H]1O[C@@H](C)C(OCCOC)[C@H]1O. The summed E-state index contributed by atoms with van der Waals surface area (Å²) in [5, 5.41) is 11.2. The fraction of sp³-hybridized carbons (Fsp3) is 0.667. The van der Waals surface area contributed by atoms with Crippen molar-refractivity contribution in [3.05, 3.63) is 85.5 Å². The van der Waals surface area contributed by atoms with Gasteiger partial charge in [-0.25, -0.2) is 29.7 Å². The van der Waals surface area contributed by atoms with Crippen molar-refractivity contribution in [2.24, 2.45) is 0 Å². The number of imidazole rings is 3. The Balaban J connectivity index is 0.754. The Morgan fingerprint density at radius 1 is 0.583 bits per heavy atom. The minimum absolute atomic E-state index is 0.0148. The molecule has 115 heavy (non-hydrogen) atoms. The van der Waals surface area contributed by atoms with Crippen LogP contribution in [0.3, 0.4) is 0 Å². The van der Waals surface area contributed by atoms with E-state index in [0.717, 1.165) is 17.1 Å². The van der Waals surface area contributed by atoms with E-state index in [1.165, 1.54) is 67.9 Å². The van der Waals surface area contributed by atoms with Crippen molar-refractivity contribution in [2.75, 3.05) is 105 Å². The number of nitrogens with zero attached hydrogens (tertiary/aromatic N) is 11. The number of aromatic amines is 3. The van der Waals surface area contributed by atoms with E-state index in [2.05, 4.69) is 56.8 Å². The molecule has 10 N–H and O–H groups in total. The van der Waals surface area contributed by atoms with Gasteiger partial charge in [-0.15, -0.1) is 0 Å². The zero-order chi connectivity index (χ0) is 82.2. The van der Waals surface area contributed by atoms with Gasteiger partial charge in [0.25, 0.3) is 16.7 Å². The second-order valence-corrected chi connectivity index (χ2v) is 38.2. The molecule has 9 unspecified atom stereocenters. The highest BCUT2D eigenvalue weighted by Crippen LogP contribution is 2.61. The lowest BCUT2D eigenvalue weighted by Gasteiger charge is -2.41. The van der Waals surface area contributed by atoms with Gasteiger partial charge in [0.2, 0.25) is 18.0 Å². The maximum atomic E-state index is 15.5. The fourth-order valence-electron chi connectivity index (χ4n) is 14.8. The molecular weight excluding hydrogens is 1690 g/mol. The molecule has 47 nitrogen and oxygen atoms in total. The summed E-state index contributed by atoms with van der Waals surface area (Å²) in [6.07, 6.45) is -20.6. The van der Waals surface area contributed by atoms with Crippen LogP contribution in [0.25, 0.3) is 33.5 Å². The van der Waals surface area contributed by atoms with Crippen molar-refractivity contribution in [2.45, 2.75) is 168 Å². The number of nitrogen functional groups attached to an aromatic ring is 3. The predicted molar refractivity (Wildman–Crippen MR) is 399 cm³/mol. The van der Waals surface area contributed by atoms with Crippen molar-refractivity contribution in [3.8, 4) is 0 Å². The number of anilines is 3. The number of aromatic nitrogens is 14. The van der Waals surface area contributed by atoms with E-state index in [4.69, 9.17) is 163 Å². The highest BCUT2D eigenvalue weighted by Gasteiger charge is 2.72. The number of aliphatic hydroxyl groups excluding tert-OH is 1. The Hall–Kier alpha value is -5.27. The van der Waals surface area contributed by atoms with Gasteiger partial charge in [-0.3, -0.25) is 52.2 Å². The largest absolute Gasteiger partial charge is 0.780 e. The Bertz CT molecular complexity index is 5170. The molecule has 55 heteroatoms. The lowest BCUT2D eigenvalue weighted by atomic mass is 9.94. The van der Waals surface area contributed by atoms with Gasteiger partial charge in [0.1, 0.15) is 111 Å². The molecule has 0 saturated carbocycles. The van der Waals surface area contributed by atoms with Crippen LogP contribution in [0.15, 0.2) is 50.7 Å². The van der Waals surface area contributed by atoms with Crippen LogP contribution in [0.4, 0.5) is 17.7 Å². The molecule has 4 bridgehead atoms. The predicted octanol–water partition coefficient (Wildman–Crippen LogP) is -2.91. The van der Waals surface area contributed by atoms with Gasteiger partial charge in [0.15, 0.2) is 71.1 Å². The molecule has 7 fully saturated rings. The molecule has 7 aliphatic heterocycles. The standard InChI is InChI=1S/C60H83N17O30P4S4/c1-9-29-37(39(91-14-11-88-7)52(100-29)76-23-67-33-47(76)69-56(62)71-50(33)80)104-110(85,114)95-20-60-28(5)99-42(55(103-60)75-22-66-32-45(61)64-21-65-46(32)75)44(60)107-109(84,113)94-18-31-38(40(92-15-12-89-8)53(101-31)77-24-68-34-48(77)70-57(63)72-51(34)81)105-111(86,115)96-19-59-27(4)98-41(54(102-59)74-16-25(2)49(79)73-58(74)82)43(59)106-108(83,112)93-17-30-35(78)36(26(3)97-30)90-13-10-87-6/h16,21-24,26-31,35-44,52-55,78H,4,9-15,17-20H2,1-3,5-8H3,(H12-,61,62,63,64,65,69,70,71,72,73,79,80,81,82,83,84,85,86,112,113,114,115)/p-3/t26-,27-,28-,29+,30+,31+,35-,36?,37-,38-,39?,40?,41?,42?,43+,44+,52+,53+,54+,55+,59-,60-,108?,109?,110?,111?/m0/s1. The first kappa shape index (κ1) is 86.1. The van der Waals surface area contributed by atoms with Crippen molar-refractivity contribution < 1.29 is 122 Å². The summed E-state index contributed by atoms with van der Waals surface area (Å²) in [5.74, 6) is -0.597. The van der Waals surface area contributed by atoms with Gasteiger partial charge in [-0.05, 0) is 27.2 Å². The van der Waals surface area contributed by atoms with Crippen LogP contribution in [0.2, 0.25) is 0 Å². The minimum atomic E-state index is -5.21. The van der Waals surface area contributed by atoms with Crippen LogP contribution < -0.4 is 54.2 Å². The van der Waals surface area contributed by atoms with Crippen LogP contribution in [0, 0.1) is 13.8 Å². The maximum Gasteiger partial charge on any atom is 0.330 e. The molecule has 26 atom stereocenters. The lowest BCUT2D eigenvalue weighted by Crippen LogP contribution is -2.51. The summed E-state index contributed by atoms with van der Waals surface area (Å²) in [7, 11) is 4.28. The Labute approximate surface area is 670 Å².